The second-order valence-electron chi connectivity index (χ2n) is 6.87. The lowest BCUT2D eigenvalue weighted by Gasteiger charge is -2.30. The van der Waals surface area contributed by atoms with Crippen molar-refractivity contribution in [3.05, 3.63) is 0 Å². The SMILES string of the molecule is CCCC(C)N1CCC(NC(=O)OC(C)(C)C)(C(=O)O)C1. The van der Waals surface area contributed by atoms with Gasteiger partial charge in [-0.2, -0.15) is 0 Å². The summed E-state index contributed by atoms with van der Waals surface area (Å²) in [5, 5.41) is 12.1. The van der Waals surface area contributed by atoms with E-state index in [1.54, 1.807) is 20.8 Å². The fourth-order valence-electron chi connectivity index (χ4n) is 2.64. The number of ether oxygens (including phenoxy) is 1. The third kappa shape index (κ3) is 4.88. The summed E-state index contributed by atoms with van der Waals surface area (Å²) < 4.78 is 5.19. The van der Waals surface area contributed by atoms with Crippen molar-refractivity contribution in [2.75, 3.05) is 13.1 Å². The Morgan fingerprint density at radius 3 is 2.52 bits per heavy atom. The largest absolute Gasteiger partial charge is 0.479 e. The number of nitrogens with one attached hydrogen (secondary N) is 1. The molecule has 0 spiro atoms. The molecule has 6 nitrogen and oxygen atoms in total. The van der Waals surface area contributed by atoms with E-state index in [0.717, 1.165) is 12.8 Å². The first-order chi connectivity index (χ1) is 9.59. The summed E-state index contributed by atoms with van der Waals surface area (Å²) in [5.41, 5.74) is -1.89. The summed E-state index contributed by atoms with van der Waals surface area (Å²) in [5.74, 6) is -1.00. The van der Waals surface area contributed by atoms with Crippen LogP contribution in [0.1, 0.15) is 53.9 Å². The Morgan fingerprint density at radius 1 is 1.43 bits per heavy atom. The van der Waals surface area contributed by atoms with Gasteiger partial charge in [-0.1, -0.05) is 13.3 Å². The molecule has 1 aliphatic rings. The van der Waals surface area contributed by atoms with E-state index in [2.05, 4.69) is 24.1 Å². The molecule has 21 heavy (non-hydrogen) atoms. The van der Waals surface area contributed by atoms with Crippen molar-refractivity contribution in [1.82, 2.24) is 10.2 Å². The van der Waals surface area contributed by atoms with Crippen molar-refractivity contribution < 1.29 is 19.4 Å². The Balaban J connectivity index is 2.74. The van der Waals surface area contributed by atoms with E-state index >= 15 is 0 Å². The van der Waals surface area contributed by atoms with Gasteiger partial charge < -0.3 is 15.2 Å². The molecule has 1 rings (SSSR count). The van der Waals surface area contributed by atoms with Gasteiger partial charge in [0.05, 0.1) is 0 Å². The number of carboxylic acids is 1. The van der Waals surface area contributed by atoms with E-state index in [1.165, 1.54) is 0 Å². The fraction of sp³-hybridized carbons (Fsp3) is 0.867. The molecule has 1 heterocycles. The summed E-state index contributed by atoms with van der Waals surface area (Å²) >= 11 is 0. The number of likely N-dealkylation sites (tertiary alicyclic amines) is 1. The zero-order valence-corrected chi connectivity index (χ0v) is 13.7. The predicted octanol–water partition coefficient (Wildman–Crippen LogP) is 2.23. The minimum atomic E-state index is -1.25. The quantitative estimate of drug-likeness (QED) is 0.814. The van der Waals surface area contributed by atoms with Crippen molar-refractivity contribution in [3.63, 3.8) is 0 Å². The van der Waals surface area contributed by atoms with Crippen LogP contribution < -0.4 is 5.32 Å². The molecule has 1 amide bonds. The lowest BCUT2D eigenvalue weighted by Crippen LogP contribution is -2.57. The van der Waals surface area contributed by atoms with E-state index in [9.17, 15) is 14.7 Å². The number of hydrogen-bond acceptors (Lipinski definition) is 4. The molecule has 0 saturated carbocycles. The first-order valence-corrected chi connectivity index (χ1v) is 7.58. The van der Waals surface area contributed by atoms with Crippen molar-refractivity contribution >= 4 is 12.1 Å². The molecular weight excluding hydrogens is 272 g/mol. The highest BCUT2D eigenvalue weighted by Gasteiger charge is 2.47. The minimum absolute atomic E-state index is 0.316. The third-order valence-corrected chi connectivity index (χ3v) is 3.78. The van der Waals surface area contributed by atoms with Crippen LogP contribution in [0.5, 0.6) is 0 Å². The molecule has 122 valence electrons. The molecule has 6 heteroatoms. The number of nitrogens with zero attached hydrogens (tertiary/aromatic N) is 1. The van der Waals surface area contributed by atoms with Gasteiger partial charge in [0.2, 0.25) is 0 Å². The Labute approximate surface area is 126 Å². The van der Waals surface area contributed by atoms with Crippen LogP contribution in [0, 0.1) is 0 Å². The predicted molar refractivity (Wildman–Crippen MR) is 80.3 cm³/mol. The van der Waals surface area contributed by atoms with E-state index in [4.69, 9.17) is 4.74 Å². The van der Waals surface area contributed by atoms with Crippen LogP contribution in [-0.4, -0.2) is 52.3 Å². The summed E-state index contributed by atoms with van der Waals surface area (Å²) in [7, 11) is 0. The van der Waals surface area contributed by atoms with Crippen molar-refractivity contribution in [1.29, 1.82) is 0 Å². The Hall–Kier alpha value is -1.30. The first-order valence-electron chi connectivity index (χ1n) is 7.58. The molecule has 1 saturated heterocycles. The molecule has 2 atom stereocenters. The van der Waals surface area contributed by atoms with Crippen LogP contribution in [0.4, 0.5) is 4.79 Å². The average Bonchev–Trinajstić information content (AvgIpc) is 2.72. The monoisotopic (exact) mass is 300 g/mol. The molecule has 0 aromatic rings. The zero-order chi connectivity index (χ0) is 16.3. The normalized spacial score (nSPS) is 24.6. The molecule has 2 unspecified atom stereocenters. The highest BCUT2D eigenvalue weighted by molar-refractivity contribution is 5.85. The lowest BCUT2D eigenvalue weighted by atomic mass is 9.99. The van der Waals surface area contributed by atoms with Gasteiger partial charge in [0.15, 0.2) is 5.54 Å². The average molecular weight is 300 g/mol. The number of carbonyl (C=O) groups excluding carboxylic acids is 1. The summed E-state index contributed by atoms with van der Waals surface area (Å²) in [6.07, 6.45) is 1.80. The number of amides is 1. The zero-order valence-electron chi connectivity index (χ0n) is 13.7. The van der Waals surface area contributed by atoms with Gasteiger partial charge in [0, 0.05) is 19.1 Å². The number of carbonyl (C=O) groups is 2. The van der Waals surface area contributed by atoms with Crippen LogP contribution in [0.15, 0.2) is 0 Å². The number of carboxylic acid groups (broad SMARTS) is 1. The molecule has 2 N–H and O–H groups in total. The summed E-state index contributed by atoms with van der Waals surface area (Å²) in [6.45, 7) is 10.5. The Kier molecular flexibility index (Phi) is 5.61. The second-order valence-corrected chi connectivity index (χ2v) is 6.87. The van der Waals surface area contributed by atoms with Gasteiger partial charge in [0.1, 0.15) is 5.60 Å². The Bertz CT molecular complexity index is 392. The fourth-order valence-corrected chi connectivity index (χ4v) is 2.64. The topological polar surface area (TPSA) is 78.9 Å². The molecule has 0 bridgehead atoms. The lowest BCUT2D eigenvalue weighted by molar-refractivity contribution is -0.144. The van der Waals surface area contributed by atoms with Gasteiger partial charge in [-0.3, -0.25) is 4.90 Å². The summed E-state index contributed by atoms with van der Waals surface area (Å²) in [6, 6.07) is 0.316. The highest BCUT2D eigenvalue weighted by atomic mass is 16.6. The van der Waals surface area contributed by atoms with E-state index in [-0.39, 0.29) is 0 Å². The van der Waals surface area contributed by atoms with Crippen LogP contribution in [0.3, 0.4) is 0 Å². The third-order valence-electron chi connectivity index (χ3n) is 3.78. The maximum atomic E-state index is 11.9. The molecule has 0 radical (unpaired) electrons. The molecule has 0 aromatic heterocycles. The number of aliphatic carboxylic acids is 1. The van der Waals surface area contributed by atoms with Gasteiger partial charge >= 0.3 is 12.1 Å². The van der Waals surface area contributed by atoms with E-state index in [0.29, 0.717) is 25.6 Å². The Morgan fingerprint density at radius 2 is 2.05 bits per heavy atom. The van der Waals surface area contributed by atoms with E-state index in [1.807, 2.05) is 0 Å². The molecule has 1 aliphatic heterocycles. The number of rotatable bonds is 5. The molecular formula is C15H28N2O4. The highest BCUT2D eigenvalue weighted by Crippen LogP contribution is 2.25. The van der Waals surface area contributed by atoms with Gasteiger partial charge in [-0.05, 0) is 40.5 Å². The van der Waals surface area contributed by atoms with Gasteiger partial charge in [0.25, 0.3) is 0 Å². The number of alkyl carbamates (subject to hydrolysis) is 1. The molecule has 1 fully saturated rings. The smallest absolute Gasteiger partial charge is 0.408 e. The second kappa shape index (κ2) is 6.64. The van der Waals surface area contributed by atoms with Crippen LogP contribution in [0.25, 0.3) is 0 Å². The minimum Gasteiger partial charge on any atom is -0.479 e. The summed E-state index contributed by atoms with van der Waals surface area (Å²) in [4.78, 5) is 25.7. The molecule has 0 aliphatic carbocycles. The maximum absolute atomic E-state index is 11.9. The van der Waals surface area contributed by atoms with Crippen LogP contribution >= 0.6 is 0 Å². The number of hydrogen-bond donors (Lipinski definition) is 2. The van der Waals surface area contributed by atoms with Crippen LogP contribution in [-0.2, 0) is 9.53 Å². The van der Waals surface area contributed by atoms with Crippen molar-refractivity contribution in [2.24, 2.45) is 0 Å². The molecule has 0 aromatic carbocycles. The van der Waals surface area contributed by atoms with Gasteiger partial charge in [-0.25, -0.2) is 9.59 Å². The van der Waals surface area contributed by atoms with Crippen LogP contribution in [0.2, 0.25) is 0 Å². The first kappa shape index (κ1) is 17.8. The van der Waals surface area contributed by atoms with Gasteiger partial charge in [-0.15, -0.1) is 0 Å². The van der Waals surface area contributed by atoms with Crippen molar-refractivity contribution in [3.8, 4) is 0 Å². The van der Waals surface area contributed by atoms with E-state index < -0.39 is 23.2 Å². The maximum Gasteiger partial charge on any atom is 0.408 e. The van der Waals surface area contributed by atoms with Crippen molar-refractivity contribution in [2.45, 2.75) is 71.1 Å². The standard InChI is InChI=1S/C15H28N2O4/c1-6-7-11(2)17-9-8-15(10-17,12(18)19)16-13(20)21-14(3,4)5/h11H,6-10H2,1-5H3,(H,16,20)(H,18,19).